The van der Waals surface area contributed by atoms with Gasteiger partial charge in [-0.15, -0.1) is 5.10 Å². The van der Waals surface area contributed by atoms with Gasteiger partial charge in [0.2, 0.25) is 5.91 Å². The van der Waals surface area contributed by atoms with Crippen molar-refractivity contribution in [1.29, 1.82) is 0 Å². The summed E-state index contributed by atoms with van der Waals surface area (Å²) in [6, 6.07) is 0. The molecule has 1 unspecified atom stereocenters. The molecule has 1 aromatic rings. The third-order valence-corrected chi connectivity index (χ3v) is 6.14. The molecule has 2 fully saturated rings. The molecule has 2 saturated heterocycles. The lowest BCUT2D eigenvalue weighted by Crippen LogP contribution is -2.55. The van der Waals surface area contributed by atoms with Crippen LogP contribution in [0.25, 0.3) is 0 Å². The van der Waals surface area contributed by atoms with Gasteiger partial charge in [0.1, 0.15) is 4.88 Å². The van der Waals surface area contributed by atoms with Crippen LogP contribution in [0.5, 0.6) is 0 Å². The molecule has 0 aliphatic carbocycles. The number of carbonyl (C=O) groups excluding carboxylic acids is 2. The molecular weight excluding hydrogens is 324 g/mol. The molecule has 0 aromatic carbocycles. The van der Waals surface area contributed by atoms with E-state index < -0.39 is 0 Å². The second-order valence-corrected chi connectivity index (χ2v) is 7.94. The summed E-state index contributed by atoms with van der Waals surface area (Å²) in [5.41, 5.74) is 0.787. The topological polar surface area (TPSA) is 66.4 Å². The quantitative estimate of drug-likeness (QED) is 0.837. The molecule has 1 spiro atoms. The van der Waals surface area contributed by atoms with Crippen molar-refractivity contribution in [3.05, 3.63) is 10.6 Å². The SMILES string of the molecule is CCCCN1CC2(CCCN(C(=O)c3snnc3C)C2)CCC1=O. The summed E-state index contributed by atoms with van der Waals surface area (Å²) in [7, 11) is 0. The summed E-state index contributed by atoms with van der Waals surface area (Å²) in [5, 5.41) is 3.96. The summed E-state index contributed by atoms with van der Waals surface area (Å²) in [4.78, 5) is 29.6. The van der Waals surface area contributed by atoms with Gasteiger partial charge in [-0.3, -0.25) is 9.59 Å². The Morgan fingerprint density at radius 2 is 2.17 bits per heavy atom. The van der Waals surface area contributed by atoms with E-state index in [1.165, 1.54) is 11.5 Å². The van der Waals surface area contributed by atoms with Crippen molar-refractivity contribution in [3.63, 3.8) is 0 Å². The lowest BCUT2D eigenvalue weighted by molar-refractivity contribution is -0.139. The van der Waals surface area contributed by atoms with Crippen molar-refractivity contribution in [2.45, 2.75) is 52.4 Å². The van der Waals surface area contributed by atoms with Gasteiger partial charge in [-0.1, -0.05) is 17.8 Å². The first kappa shape index (κ1) is 17.3. The highest BCUT2D eigenvalue weighted by Gasteiger charge is 2.43. The van der Waals surface area contributed by atoms with E-state index in [4.69, 9.17) is 0 Å². The highest BCUT2D eigenvalue weighted by Crippen LogP contribution is 2.39. The molecule has 0 bridgehead atoms. The van der Waals surface area contributed by atoms with Crippen LogP contribution in [0.1, 0.15) is 60.8 Å². The van der Waals surface area contributed by atoms with Crippen molar-refractivity contribution in [2.24, 2.45) is 5.41 Å². The van der Waals surface area contributed by atoms with Crippen LogP contribution in [0.4, 0.5) is 0 Å². The van der Waals surface area contributed by atoms with Crippen LogP contribution >= 0.6 is 11.5 Å². The molecule has 1 atom stereocenters. The maximum atomic E-state index is 12.8. The molecule has 0 radical (unpaired) electrons. The second kappa shape index (κ2) is 7.17. The lowest BCUT2D eigenvalue weighted by atomic mass is 9.73. The third-order valence-electron chi connectivity index (χ3n) is 5.32. The van der Waals surface area contributed by atoms with Crippen molar-refractivity contribution in [2.75, 3.05) is 26.2 Å². The van der Waals surface area contributed by atoms with Crippen LogP contribution in [-0.2, 0) is 4.79 Å². The van der Waals surface area contributed by atoms with Gasteiger partial charge in [-0.05, 0) is 44.1 Å². The Bertz CT molecular complexity index is 617. The zero-order chi connectivity index (χ0) is 17.2. The molecule has 2 amide bonds. The second-order valence-electron chi connectivity index (χ2n) is 7.19. The molecular formula is C17H26N4O2S. The highest BCUT2D eigenvalue weighted by atomic mass is 32.1. The predicted octanol–water partition coefficient (Wildman–Crippen LogP) is 2.49. The summed E-state index contributed by atoms with van der Waals surface area (Å²) in [6.07, 6.45) is 5.78. The van der Waals surface area contributed by atoms with E-state index in [-0.39, 0.29) is 17.2 Å². The average Bonchev–Trinajstić information content (AvgIpc) is 3.01. The van der Waals surface area contributed by atoms with Crippen LogP contribution in [0.15, 0.2) is 0 Å². The van der Waals surface area contributed by atoms with Gasteiger partial charge in [0, 0.05) is 38.0 Å². The van der Waals surface area contributed by atoms with Crippen molar-refractivity contribution in [3.8, 4) is 0 Å². The van der Waals surface area contributed by atoms with Crippen LogP contribution in [0.3, 0.4) is 0 Å². The number of hydrogen-bond acceptors (Lipinski definition) is 5. The number of aryl methyl sites for hydroxylation is 1. The molecule has 3 heterocycles. The normalized spacial score (nSPS) is 24.7. The molecule has 0 saturated carbocycles. The van der Waals surface area contributed by atoms with E-state index in [1.54, 1.807) is 0 Å². The first-order chi connectivity index (χ1) is 11.5. The van der Waals surface area contributed by atoms with Gasteiger partial charge in [-0.2, -0.15) is 0 Å². The van der Waals surface area contributed by atoms with Gasteiger partial charge in [0.05, 0.1) is 5.69 Å². The molecule has 1 aromatic heterocycles. The number of unbranched alkanes of at least 4 members (excludes halogenated alkanes) is 1. The van der Waals surface area contributed by atoms with E-state index in [0.29, 0.717) is 17.0 Å². The van der Waals surface area contributed by atoms with Crippen molar-refractivity contribution in [1.82, 2.24) is 19.4 Å². The first-order valence-electron chi connectivity index (χ1n) is 8.91. The highest BCUT2D eigenvalue weighted by molar-refractivity contribution is 7.07. The lowest BCUT2D eigenvalue weighted by Gasteiger charge is -2.48. The Morgan fingerprint density at radius 1 is 1.33 bits per heavy atom. The van der Waals surface area contributed by atoms with Crippen molar-refractivity contribution < 1.29 is 9.59 Å². The fourth-order valence-electron chi connectivity index (χ4n) is 3.94. The number of aromatic nitrogens is 2. The van der Waals surface area contributed by atoms with Crippen LogP contribution < -0.4 is 0 Å². The molecule has 7 heteroatoms. The number of piperidine rings is 2. The van der Waals surface area contributed by atoms with Gasteiger partial charge in [-0.25, -0.2) is 0 Å². The van der Waals surface area contributed by atoms with E-state index in [0.717, 1.165) is 58.3 Å². The minimum absolute atomic E-state index is 0.0542. The number of rotatable bonds is 4. The standard InChI is InChI=1S/C17H26N4O2S/c1-3-4-9-20-11-17(8-6-14(20)22)7-5-10-21(12-17)16(23)15-13(2)18-19-24-15/h3-12H2,1-2H3. The molecule has 3 rings (SSSR count). The molecule has 6 nitrogen and oxygen atoms in total. The van der Waals surface area contributed by atoms with Crippen LogP contribution in [0.2, 0.25) is 0 Å². The van der Waals surface area contributed by atoms with E-state index in [9.17, 15) is 9.59 Å². The molecule has 2 aliphatic rings. The molecule has 24 heavy (non-hydrogen) atoms. The summed E-state index contributed by atoms with van der Waals surface area (Å²) < 4.78 is 3.89. The monoisotopic (exact) mass is 350 g/mol. The van der Waals surface area contributed by atoms with Gasteiger partial charge >= 0.3 is 0 Å². The fourth-order valence-corrected chi connectivity index (χ4v) is 4.57. The van der Waals surface area contributed by atoms with Crippen LogP contribution in [-0.4, -0.2) is 57.4 Å². The Labute approximate surface area is 147 Å². The number of hydrogen-bond donors (Lipinski definition) is 0. The zero-order valence-electron chi connectivity index (χ0n) is 14.6. The summed E-state index contributed by atoms with van der Waals surface area (Å²) >= 11 is 1.18. The van der Waals surface area contributed by atoms with E-state index in [2.05, 4.69) is 16.5 Å². The number of likely N-dealkylation sites (tertiary alicyclic amines) is 2. The molecule has 2 aliphatic heterocycles. The minimum atomic E-state index is 0.0542. The Hall–Kier alpha value is -1.50. The summed E-state index contributed by atoms with van der Waals surface area (Å²) in [6.45, 7) is 7.18. The zero-order valence-corrected chi connectivity index (χ0v) is 15.4. The first-order valence-corrected chi connectivity index (χ1v) is 9.68. The minimum Gasteiger partial charge on any atom is -0.342 e. The maximum absolute atomic E-state index is 12.8. The smallest absolute Gasteiger partial charge is 0.267 e. The van der Waals surface area contributed by atoms with Crippen LogP contribution in [0, 0.1) is 12.3 Å². The van der Waals surface area contributed by atoms with Crippen molar-refractivity contribution >= 4 is 23.3 Å². The Balaban J connectivity index is 1.71. The predicted molar refractivity (Wildman–Crippen MR) is 92.9 cm³/mol. The van der Waals surface area contributed by atoms with Gasteiger partial charge < -0.3 is 9.80 Å². The van der Waals surface area contributed by atoms with Gasteiger partial charge in [0.15, 0.2) is 0 Å². The largest absolute Gasteiger partial charge is 0.342 e. The number of amides is 2. The molecule has 132 valence electrons. The average molecular weight is 350 g/mol. The van der Waals surface area contributed by atoms with Gasteiger partial charge in [0.25, 0.3) is 5.91 Å². The molecule has 0 N–H and O–H groups in total. The Morgan fingerprint density at radius 3 is 2.88 bits per heavy atom. The number of carbonyl (C=O) groups is 2. The maximum Gasteiger partial charge on any atom is 0.267 e. The van der Waals surface area contributed by atoms with E-state index in [1.807, 2.05) is 16.7 Å². The third kappa shape index (κ3) is 3.45. The Kier molecular flexibility index (Phi) is 5.18. The van der Waals surface area contributed by atoms with E-state index >= 15 is 0 Å². The summed E-state index contributed by atoms with van der Waals surface area (Å²) in [5.74, 6) is 0.332. The fraction of sp³-hybridized carbons (Fsp3) is 0.765. The number of nitrogens with zero attached hydrogens (tertiary/aromatic N) is 4.